The molecule has 0 spiro atoms. The van der Waals surface area contributed by atoms with Gasteiger partial charge in [-0.05, 0) is 55.3 Å². The van der Waals surface area contributed by atoms with Crippen LogP contribution in [0.4, 0.5) is 5.69 Å². The molecule has 30 heavy (non-hydrogen) atoms. The zero-order valence-electron chi connectivity index (χ0n) is 17.1. The lowest BCUT2D eigenvalue weighted by Gasteiger charge is -2.11. The van der Waals surface area contributed by atoms with E-state index in [-0.39, 0.29) is 24.8 Å². The van der Waals surface area contributed by atoms with Crippen molar-refractivity contribution in [1.29, 1.82) is 0 Å². The molecule has 0 heterocycles. The van der Waals surface area contributed by atoms with Crippen LogP contribution in [0.1, 0.15) is 24.5 Å². The van der Waals surface area contributed by atoms with Crippen LogP contribution < -0.4 is 20.1 Å². The third kappa shape index (κ3) is 7.07. The molecule has 0 saturated heterocycles. The fourth-order valence-corrected chi connectivity index (χ4v) is 3.23. The second kappa shape index (κ2) is 11.6. The first-order valence-corrected chi connectivity index (χ1v) is 10.5. The average Bonchev–Trinajstić information content (AvgIpc) is 2.70. The van der Waals surface area contributed by atoms with E-state index in [4.69, 9.17) is 21.1 Å². The van der Waals surface area contributed by atoms with E-state index >= 15 is 0 Å². The summed E-state index contributed by atoms with van der Waals surface area (Å²) in [5.74, 6) is 0.466. The van der Waals surface area contributed by atoms with Crippen molar-refractivity contribution in [2.45, 2.75) is 20.3 Å². The molecule has 0 radical (unpaired) electrons. The molecule has 2 N–H and O–H groups in total. The summed E-state index contributed by atoms with van der Waals surface area (Å²) in [4.78, 5) is 24.1. The van der Waals surface area contributed by atoms with E-state index in [1.807, 2.05) is 32.0 Å². The van der Waals surface area contributed by atoms with Crippen LogP contribution in [0.3, 0.4) is 0 Å². The van der Waals surface area contributed by atoms with Gasteiger partial charge >= 0.3 is 0 Å². The van der Waals surface area contributed by atoms with Gasteiger partial charge in [0.2, 0.25) is 11.8 Å². The molecular weight excluding hydrogens is 472 g/mol. The lowest BCUT2D eigenvalue weighted by molar-refractivity contribution is -0.117. The van der Waals surface area contributed by atoms with E-state index in [9.17, 15) is 9.59 Å². The Morgan fingerprint density at radius 2 is 2.00 bits per heavy atom. The zero-order chi connectivity index (χ0) is 22.1. The quantitative estimate of drug-likeness (QED) is 0.481. The van der Waals surface area contributed by atoms with Crippen molar-refractivity contribution < 1.29 is 19.1 Å². The van der Waals surface area contributed by atoms with Crippen LogP contribution in [0.15, 0.2) is 40.9 Å². The topological polar surface area (TPSA) is 76.7 Å². The molecule has 160 valence electrons. The van der Waals surface area contributed by atoms with Crippen LogP contribution in [0, 0.1) is 6.92 Å². The van der Waals surface area contributed by atoms with Crippen molar-refractivity contribution in [1.82, 2.24) is 5.32 Å². The second-order valence-corrected chi connectivity index (χ2v) is 7.67. The minimum Gasteiger partial charge on any atom is -0.493 e. The molecule has 0 aliphatic heterocycles. The van der Waals surface area contributed by atoms with Gasteiger partial charge in [0.05, 0.1) is 18.7 Å². The normalized spacial score (nSPS) is 10.7. The fourth-order valence-electron chi connectivity index (χ4n) is 2.59. The third-order valence-corrected chi connectivity index (χ3v) is 4.87. The summed E-state index contributed by atoms with van der Waals surface area (Å²) in [6.07, 6.45) is 3.15. The number of amides is 2. The molecular formula is C22H24BrClN2O4. The summed E-state index contributed by atoms with van der Waals surface area (Å²) in [6, 6.07) is 9.07. The van der Waals surface area contributed by atoms with E-state index in [0.717, 1.165) is 15.7 Å². The minimum absolute atomic E-state index is 0.161. The first-order valence-electron chi connectivity index (χ1n) is 9.36. The van der Waals surface area contributed by atoms with Gasteiger partial charge in [0.1, 0.15) is 0 Å². The van der Waals surface area contributed by atoms with Crippen LogP contribution in [-0.2, 0) is 9.59 Å². The van der Waals surface area contributed by atoms with Crippen molar-refractivity contribution >= 4 is 51.1 Å². The van der Waals surface area contributed by atoms with Gasteiger partial charge in [-0.15, -0.1) is 0 Å². The number of ether oxygens (including phenoxy) is 2. The number of nitrogens with one attached hydrogen (secondary N) is 2. The van der Waals surface area contributed by atoms with E-state index in [0.29, 0.717) is 28.7 Å². The Morgan fingerprint density at radius 1 is 1.23 bits per heavy atom. The number of methoxy groups -OCH3 is 1. The van der Waals surface area contributed by atoms with Crippen molar-refractivity contribution in [2.75, 3.05) is 25.6 Å². The molecule has 0 aliphatic rings. The maximum Gasteiger partial charge on any atom is 0.244 e. The molecule has 2 aromatic carbocycles. The Kier molecular flexibility index (Phi) is 9.20. The molecule has 0 aromatic heterocycles. The monoisotopic (exact) mass is 494 g/mol. The molecule has 0 unspecified atom stereocenters. The highest BCUT2D eigenvalue weighted by Gasteiger charge is 2.11. The van der Waals surface area contributed by atoms with Gasteiger partial charge in [-0.2, -0.15) is 0 Å². The van der Waals surface area contributed by atoms with Gasteiger partial charge in [-0.1, -0.05) is 33.6 Å². The van der Waals surface area contributed by atoms with Crippen molar-refractivity contribution in [3.8, 4) is 11.5 Å². The molecule has 0 saturated carbocycles. The summed E-state index contributed by atoms with van der Waals surface area (Å²) in [7, 11) is 1.52. The standard InChI is InChI=1S/C22H24BrClN2O4/c1-4-30-22-17(24)11-15(12-19(22)29-3)6-8-20(27)25-10-9-21(28)26-18-13-16(23)7-5-14(18)2/h5-8,11-13H,4,9-10H2,1-3H3,(H,25,27)(H,26,28)/b8-6+. The molecule has 2 rings (SSSR count). The number of hydrogen-bond acceptors (Lipinski definition) is 4. The van der Waals surface area contributed by atoms with E-state index in [2.05, 4.69) is 26.6 Å². The predicted octanol–water partition coefficient (Wildman–Crippen LogP) is 4.98. The van der Waals surface area contributed by atoms with Gasteiger partial charge in [-0.25, -0.2) is 0 Å². The molecule has 0 bridgehead atoms. The Balaban J connectivity index is 1.87. The maximum atomic E-state index is 12.1. The highest BCUT2D eigenvalue weighted by molar-refractivity contribution is 9.10. The number of anilines is 1. The van der Waals surface area contributed by atoms with Gasteiger partial charge in [0.25, 0.3) is 0 Å². The smallest absolute Gasteiger partial charge is 0.244 e. The van der Waals surface area contributed by atoms with Gasteiger partial charge in [0.15, 0.2) is 11.5 Å². The number of hydrogen-bond donors (Lipinski definition) is 2. The van der Waals surface area contributed by atoms with Crippen LogP contribution in [-0.4, -0.2) is 32.1 Å². The van der Waals surface area contributed by atoms with Crippen LogP contribution in [0.25, 0.3) is 6.08 Å². The van der Waals surface area contributed by atoms with Crippen LogP contribution >= 0.6 is 27.5 Å². The van der Waals surface area contributed by atoms with Crippen molar-refractivity contribution in [3.05, 3.63) is 57.0 Å². The molecule has 0 aliphatic carbocycles. The Bertz CT molecular complexity index is 947. The van der Waals surface area contributed by atoms with Crippen molar-refractivity contribution in [2.24, 2.45) is 0 Å². The van der Waals surface area contributed by atoms with Gasteiger partial charge in [-0.3, -0.25) is 9.59 Å². The lowest BCUT2D eigenvalue weighted by Crippen LogP contribution is -2.26. The number of aryl methyl sites for hydroxylation is 1. The average molecular weight is 496 g/mol. The summed E-state index contributed by atoms with van der Waals surface area (Å²) in [5.41, 5.74) is 2.39. The zero-order valence-corrected chi connectivity index (χ0v) is 19.4. The number of carbonyl (C=O) groups excluding carboxylic acids is 2. The number of carbonyl (C=O) groups is 2. The van der Waals surface area contributed by atoms with Crippen LogP contribution in [0.2, 0.25) is 5.02 Å². The minimum atomic E-state index is -0.314. The number of halogens is 2. The molecule has 0 fully saturated rings. The SMILES string of the molecule is CCOc1c(Cl)cc(/C=C/C(=O)NCCC(=O)Nc2cc(Br)ccc2C)cc1OC. The molecule has 6 nitrogen and oxygen atoms in total. The summed E-state index contributed by atoms with van der Waals surface area (Å²) in [5, 5.41) is 5.92. The maximum absolute atomic E-state index is 12.1. The predicted molar refractivity (Wildman–Crippen MR) is 123 cm³/mol. The number of benzene rings is 2. The van der Waals surface area contributed by atoms with Crippen LogP contribution in [0.5, 0.6) is 11.5 Å². The molecule has 2 aromatic rings. The summed E-state index contributed by atoms with van der Waals surface area (Å²) >= 11 is 9.61. The first-order chi connectivity index (χ1) is 14.3. The third-order valence-electron chi connectivity index (χ3n) is 4.09. The Morgan fingerprint density at radius 3 is 2.70 bits per heavy atom. The largest absolute Gasteiger partial charge is 0.493 e. The second-order valence-electron chi connectivity index (χ2n) is 6.35. The Hall–Kier alpha value is -2.51. The fraction of sp³-hybridized carbons (Fsp3) is 0.273. The van der Waals surface area contributed by atoms with E-state index in [1.165, 1.54) is 13.2 Å². The summed E-state index contributed by atoms with van der Waals surface area (Å²) < 4.78 is 11.6. The van der Waals surface area contributed by atoms with Gasteiger partial charge in [0, 0.05) is 29.2 Å². The van der Waals surface area contributed by atoms with E-state index in [1.54, 1.807) is 18.2 Å². The molecule has 2 amide bonds. The first kappa shape index (κ1) is 23.8. The summed E-state index contributed by atoms with van der Waals surface area (Å²) in [6.45, 7) is 4.45. The van der Waals surface area contributed by atoms with Crippen molar-refractivity contribution in [3.63, 3.8) is 0 Å². The number of rotatable bonds is 9. The Labute approximate surface area is 189 Å². The lowest BCUT2D eigenvalue weighted by atomic mass is 10.2. The van der Waals surface area contributed by atoms with E-state index < -0.39 is 0 Å². The molecule has 0 atom stereocenters. The molecule has 8 heteroatoms. The highest BCUT2D eigenvalue weighted by Crippen LogP contribution is 2.36. The highest BCUT2D eigenvalue weighted by atomic mass is 79.9. The van der Waals surface area contributed by atoms with Gasteiger partial charge < -0.3 is 20.1 Å².